The Hall–Kier alpha value is -2.02. The number of benzene rings is 1. The number of rotatable bonds is 6. The molecule has 1 aromatic carbocycles. The molecule has 6 nitrogen and oxygen atoms in total. The number of amides is 2. The number of hydrogen-bond acceptors (Lipinski definition) is 5. The van der Waals surface area contributed by atoms with Crippen molar-refractivity contribution in [2.24, 2.45) is 0 Å². The number of esters is 1. The van der Waals surface area contributed by atoms with Crippen LogP contribution in [0, 0.1) is 0 Å². The van der Waals surface area contributed by atoms with Crippen LogP contribution in [0.25, 0.3) is 0 Å². The smallest absolute Gasteiger partial charge is 0.339 e. The van der Waals surface area contributed by atoms with E-state index in [-0.39, 0.29) is 48.3 Å². The van der Waals surface area contributed by atoms with E-state index in [1.807, 2.05) is 35.8 Å². The van der Waals surface area contributed by atoms with Gasteiger partial charge in [0, 0.05) is 29.1 Å². The first-order valence-corrected chi connectivity index (χ1v) is 12.8. The molecule has 2 aliphatic rings. The van der Waals surface area contributed by atoms with Crippen molar-refractivity contribution in [1.29, 1.82) is 0 Å². The summed E-state index contributed by atoms with van der Waals surface area (Å²) in [6.45, 7) is 8.04. The number of piperidine rings is 2. The maximum absolute atomic E-state index is 12.9. The van der Waals surface area contributed by atoms with Gasteiger partial charge in [-0.2, -0.15) is 0 Å². The summed E-state index contributed by atoms with van der Waals surface area (Å²) in [5, 5.41) is 0. The quantitative estimate of drug-likeness (QED) is 0.461. The van der Waals surface area contributed by atoms with Gasteiger partial charge < -0.3 is 14.5 Å². The first kappa shape index (κ1) is 24.6. The van der Waals surface area contributed by atoms with Crippen molar-refractivity contribution in [3.8, 4) is 0 Å². The number of hydrogen-bond donors (Lipinski definition) is 0. The SMILES string of the molecule is C[C@@H]1CCC[C@@H](C)N1C(=O)CSc1ccccc1C(=O)OCC(=O)N1[C@H](C)CCC[C@@H]1C. The Morgan fingerprint density at radius 1 is 0.844 bits per heavy atom. The molecule has 1 aromatic rings. The summed E-state index contributed by atoms with van der Waals surface area (Å²) in [6.07, 6.45) is 6.29. The lowest BCUT2D eigenvalue weighted by atomic mass is 9.97. The van der Waals surface area contributed by atoms with Crippen LogP contribution >= 0.6 is 11.8 Å². The van der Waals surface area contributed by atoms with Gasteiger partial charge in [0.1, 0.15) is 0 Å². The Kier molecular flexibility index (Phi) is 8.63. The van der Waals surface area contributed by atoms with Gasteiger partial charge in [0.25, 0.3) is 5.91 Å². The molecule has 2 aliphatic heterocycles. The largest absolute Gasteiger partial charge is 0.452 e. The normalized spacial score (nSPS) is 26.0. The van der Waals surface area contributed by atoms with Crippen molar-refractivity contribution < 1.29 is 19.1 Å². The first-order valence-electron chi connectivity index (χ1n) is 11.8. The number of carbonyl (C=O) groups excluding carboxylic acids is 3. The number of likely N-dealkylation sites (tertiary alicyclic amines) is 2. The second kappa shape index (κ2) is 11.2. The third-order valence-corrected chi connectivity index (χ3v) is 7.81. The highest BCUT2D eigenvalue weighted by Crippen LogP contribution is 2.28. The molecule has 176 valence electrons. The summed E-state index contributed by atoms with van der Waals surface area (Å²) in [5.41, 5.74) is 0.401. The number of carbonyl (C=O) groups is 3. The molecule has 0 bridgehead atoms. The zero-order valence-corrected chi connectivity index (χ0v) is 20.5. The highest BCUT2D eigenvalue weighted by atomic mass is 32.2. The van der Waals surface area contributed by atoms with Crippen LogP contribution in [-0.4, -0.2) is 64.1 Å². The highest BCUT2D eigenvalue weighted by Gasteiger charge is 2.30. The van der Waals surface area contributed by atoms with E-state index >= 15 is 0 Å². The molecule has 0 aromatic heterocycles. The van der Waals surface area contributed by atoms with E-state index in [1.165, 1.54) is 11.8 Å². The molecule has 0 radical (unpaired) electrons. The third kappa shape index (κ3) is 5.85. The Balaban J connectivity index is 1.59. The van der Waals surface area contributed by atoms with Crippen molar-refractivity contribution in [3.05, 3.63) is 29.8 Å². The lowest BCUT2D eigenvalue weighted by Gasteiger charge is -2.39. The Morgan fingerprint density at radius 2 is 1.34 bits per heavy atom. The molecule has 4 atom stereocenters. The summed E-state index contributed by atoms with van der Waals surface area (Å²) < 4.78 is 5.40. The fourth-order valence-corrected chi connectivity index (χ4v) is 5.99. The van der Waals surface area contributed by atoms with Crippen LogP contribution in [-0.2, 0) is 14.3 Å². The molecule has 0 spiro atoms. The van der Waals surface area contributed by atoms with Gasteiger partial charge in [0.15, 0.2) is 6.61 Å². The average Bonchev–Trinajstić information content (AvgIpc) is 2.76. The van der Waals surface area contributed by atoms with Crippen LogP contribution in [0.4, 0.5) is 0 Å². The van der Waals surface area contributed by atoms with Gasteiger partial charge in [-0.15, -0.1) is 11.8 Å². The minimum atomic E-state index is -0.522. The van der Waals surface area contributed by atoms with Crippen molar-refractivity contribution in [3.63, 3.8) is 0 Å². The van der Waals surface area contributed by atoms with Gasteiger partial charge in [-0.25, -0.2) is 4.79 Å². The molecule has 2 heterocycles. The van der Waals surface area contributed by atoms with Gasteiger partial charge in [0.05, 0.1) is 11.3 Å². The predicted octanol–water partition coefficient (Wildman–Crippen LogP) is 4.51. The van der Waals surface area contributed by atoms with Gasteiger partial charge >= 0.3 is 5.97 Å². The van der Waals surface area contributed by atoms with E-state index in [9.17, 15) is 14.4 Å². The summed E-state index contributed by atoms with van der Waals surface area (Å²) >= 11 is 1.36. The molecule has 2 amide bonds. The van der Waals surface area contributed by atoms with Crippen molar-refractivity contribution in [2.45, 2.75) is 95.3 Å². The molecule has 3 rings (SSSR count). The van der Waals surface area contributed by atoms with E-state index in [2.05, 4.69) is 13.8 Å². The van der Waals surface area contributed by atoms with E-state index < -0.39 is 5.97 Å². The molecule has 0 aliphatic carbocycles. The Morgan fingerprint density at radius 3 is 1.91 bits per heavy atom. The summed E-state index contributed by atoms with van der Waals surface area (Å²) in [5.74, 6) is -0.292. The van der Waals surface area contributed by atoms with E-state index in [0.717, 1.165) is 38.5 Å². The number of ether oxygens (including phenoxy) is 1. The Labute approximate surface area is 196 Å². The third-order valence-electron chi connectivity index (χ3n) is 6.75. The predicted molar refractivity (Wildman–Crippen MR) is 127 cm³/mol. The first-order chi connectivity index (χ1) is 15.3. The zero-order valence-electron chi connectivity index (χ0n) is 19.7. The molecular weight excluding hydrogens is 424 g/mol. The fraction of sp³-hybridized carbons (Fsp3) is 0.640. The molecule has 2 saturated heterocycles. The lowest BCUT2D eigenvalue weighted by Crippen LogP contribution is -2.49. The summed E-state index contributed by atoms with van der Waals surface area (Å²) in [7, 11) is 0. The van der Waals surface area contributed by atoms with Crippen LogP contribution in [0.2, 0.25) is 0 Å². The monoisotopic (exact) mass is 460 g/mol. The van der Waals surface area contributed by atoms with Crippen LogP contribution < -0.4 is 0 Å². The number of thioether (sulfide) groups is 1. The molecular formula is C25H36N2O4S. The van der Waals surface area contributed by atoms with Crippen molar-refractivity contribution >= 4 is 29.5 Å². The van der Waals surface area contributed by atoms with Crippen molar-refractivity contribution in [1.82, 2.24) is 9.80 Å². The van der Waals surface area contributed by atoms with Crippen molar-refractivity contribution in [2.75, 3.05) is 12.4 Å². The van der Waals surface area contributed by atoms with Crippen LogP contribution in [0.1, 0.15) is 76.6 Å². The summed E-state index contributed by atoms with van der Waals surface area (Å²) in [6, 6.07) is 7.96. The molecule has 2 fully saturated rings. The molecule has 7 heteroatoms. The minimum absolute atomic E-state index is 0.0983. The Bertz CT molecular complexity index is 810. The lowest BCUT2D eigenvalue weighted by molar-refractivity contribution is -0.140. The second-order valence-corrected chi connectivity index (χ2v) is 10.2. The van der Waals surface area contributed by atoms with Crippen LogP contribution in [0.15, 0.2) is 29.2 Å². The topological polar surface area (TPSA) is 66.9 Å². The molecule has 0 N–H and O–H groups in total. The van der Waals surface area contributed by atoms with E-state index in [0.29, 0.717) is 10.5 Å². The van der Waals surface area contributed by atoms with Gasteiger partial charge in [-0.1, -0.05) is 12.1 Å². The van der Waals surface area contributed by atoms with Crippen LogP contribution in [0.5, 0.6) is 0 Å². The molecule has 0 unspecified atom stereocenters. The fourth-order valence-electron chi connectivity index (χ4n) is 5.08. The zero-order chi connectivity index (χ0) is 23.3. The standard InChI is InChI=1S/C25H36N2O4S/c1-17-9-7-10-18(2)26(17)23(28)15-31-25(30)21-13-5-6-14-22(21)32-16-24(29)27-19(3)11-8-12-20(27)4/h5-6,13-14,17-20H,7-12,15-16H2,1-4H3/t17-,18+,19-,20-/m1/s1. The average molecular weight is 461 g/mol. The van der Waals surface area contributed by atoms with Gasteiger partial charge in [-0.05, 0) is 78.4 Å². The van der Waals surface area contributed by atoms with E-state index in [1.54, 1.807) is 12.1 Å². The van der Waals surface area contributed by atoms with Gasteiger partial charge in [-0.3, -0.25) is 9.59 Å². The molecule has 32 heavy (non-hydrogen) atoms. The number of nitrogens with zero attached hydrogens (tertiary/aromatic N) is 2. The molecule has 0 saturated carbocycles. The van der Waals surface area contributed by atoms with E-state index in [4.69, 9.17) is 4.74 Å². The highest BCUT2D eigenvalue weighted by molar-refractivity contribution is 8.00. The second-order valence-electron chi connectivity index (χ2n) is 9.22. The van der Waals surface area contributed by atoms with Gasteiger partial charge in [0.2, 0.25) is 5.91 Å². The maximum Gasteiger partial charge on any atom is 0.339 e. The maximum atomic E-state index is 12.9. The minimum Gasteiger partial charge on any atom is -0.452 e. The summed E-state index contributed by atoms with van der Waals surface area (Å²) in [4.78, 5) is 42.8. The van der Waals surface area contributed by atoms with Crippen LogP contribution in [0.3, 0.4) is 0 Å².